The Labute approximate surface area is 174 Å². The quantitative estimate of drug-likeness (QED) is 0.342. The first-order chi connectivity index (χ1) is 14.5. The Morgan fingerprint density at radius 1 is 1.27 bits per heavy atom. The van der Waals surface area contributed by atoms with Crippen molar-refractivity contribution in [3.05, 3.63) is 75.7 Å². The highest BCUT2D eigenvalue weighted by Crippen LogP contribution is 2.69. The summed E-state index contributed by atoms with van der Waals surface area (Å²) >= 11 is 0. The molecule has 2 bridgehead atoms. The smallest absolute Gasteiger partial charge is 0.145 e. The lowest BCUT2D eigenvalue weighted by molar-refractivity contribution is -0.144. The Morgan fingerprint density at radius 3 is 2.97 bits per heavy atom. The highest BCUT2D eigenvalue weighted by Gasteiger charge is 2.71. The Bertz CT molecular complexity index is 1070. The van der Waals surface area contributed by atoms with Gasteiger partial charge < -0.3 is 19.8 Å². The van der Waals surface area contributed by atoms with Crippen molar-refractivity contribution in [3.63, 3.8) is 0 Å². The summed E-state index contributed by atoms with van der Waals surface area (Å²) < 4.78 is 6.78. The summed E-state index contributed by atoms with van der Waals surface area (Å²) in [6.45, 7) is 0.924. The molecule has 0 amide bonds. The second kappa shape index (κ2) is 6.06. The summed E-state index contributed by atoms with van der Waals surface area (Å²) in [4.78, 5) is 5.33. The normalized spacial score (nSPS) is 43.4. The maximum Gasteiger partial charge on any atom is 0.145 e. The Hall–Kier alpha value is -2.41. The Morgan fingerprint density at radius 2 is 2.13 bits per heavy atom. The lowest BCUT2D eigenvalue weighted by Crippen LogP contribution is -2.62. The maximum atomic E-state index is 11.3. The zero-order valence-corrected chi connectivity index (χ0v) is 16.7. The molecule has 7 nitrogen and oxygen atoms in total. The van der Waals surface area contributed by atoms with Crippen molar-refractivity contribution in [2.75, 3.05) is 13.6 Å². The number of hydrogen-bond acceptors (Lipinski definition) is 5. The number of aliphatic hydroxyl groups is 2. The Balaban J connectivity index is 1.65. The lowest BCUT2D eigenvalue weighted by atomic mass is 9.50. The minimum atomic E-state index is -1.08. The van der Waals surface area contributed by atoms with Crippen molar-refractivity contribution in [2.45, 2.75) is 42.8 Å². The van der Waals surface area contributed by atoms with E-state index in [1.54, 1.807) is 12.1 Å². The van der Waals surface area contributed by atoms with E-state index in [9.17, 15) is 10.2 Å². The van der Waals surface area contributed by atoms with Crippen molar-refractivity contribution in [1.82, 2.24) is 4.90 Å². The van der Waals surface area contributed by atoms with Crippen molar-refractivity contribution < 1.29 is 14.9 Å². The molecular formula is C23H24N4O3. The summed E-state index contributed by atoms with van der Waals surface area (Å²) in [7, 11) is 2.17. The van der Waals surface area contributed by atoms with E-state index >= 15 is 0 Å². The zero-order valence-electron chi connectivity index (χ0n) is 16.7. The molecule has 1 aromatic carbocycles. The number of nitrogens with zero attached hydrogens (tertiary/aromatic N) is 4. The number of azide groups is 1. The van der Waals surface area contributed by atoms with Crippen LogP contribution >= 0.6 is 0 Å². The second-order valence-electron chi connectivity index (χ2n) is 9.16. The van der Waals surface area contributed by atoms with Gasteiger partial charge in [-0.15, -0.1) is 0 Å². The lowest BCUT2D eigenvalue weighted by Gasteiger charge is -2.58. The van der Waals surface area contributed by atoms with Gasteiger partial charge in [-0.05, 0) is 54.7 Å². The predicted molar refractivity (Wildman–Crippen MR) is 111 cm³/mol. The van der Waals surface area contributed by atoms with Crippen LogP contribution in [0.15, 0.2) is 64.8 Å². The van der Waals surface area contributed by atoms with Gasteiger partial charge in [-0.2, -0.15) is 0 Å². The summed E-state index contributed by atoms with van der Waals surface area (Å²) in [5.41, 5.74) is 11.0. The minimum Gasteiger partial charge on any atom is -0.386 e. The molecule has 30 heavy (non-hydrogen) atoms. The SMILES string of the molecule is CN1CC[C@]23C4=C5C=CC(O)C4(c4cccc(N=[N+]=[N-])c4)O[C@H]2[C@@H](O)C=C[C@H]3[C@H]1C5. The third kappa shape index (κ3) is 2.02. The fraction of sp³-hybridized carbons (Fsp3) is 0.478. The van der Waals surface area contributed by atoms with Crippen LogP contribution in [0.3, 0.4) is 0 Å². The molecule has 7 atom stereocenters. The molecule has 2 fully saturated rings. The summed E-state index contributed by atoms with van der Waals surface area (Å²) in [5, 5.41) is 26.1. The van der Waals surface area contributed by atoms with E-state index in [1.165, 1.54) is 5.57 Å². The molecule has 2 saturated heterocycles. The van der Waals surface area contributed by atoms with Crippen LogP contribution in [-0.2, 0) is 10.3 Å². The van der Waals surface area contributed by atoms with Gasteiger partial charge in [-0.25, -0.2) is 0 Å². The molecular weight excluding hydrogens is 380 g/mol. The number of allylic oxidation sites excluding steroid dienone is 1. The van der Waals surface area contributed by atoms with Gasteiger partial charge in [0, 0.05) is 28.0 Å². The fourth-order valence-electron chi connectivity index (χ4n) is 6.89. The van der Waals surface area contributed by atoms with Crippen LogP contribution in [0.2, 0.25) is 0 Å². The van der Waals surface area contributed by atoms with Gasteiger partial charge in [0.05, 0.1) is 12.2 Å². The molecule has 0 saturated carbocycles. The fourth-order valence-corrected chi connectivity index (χ4v) is 6.89. The second-order valence-corrected chi connectivity index (χ2v) is 9.16. The number of piperidine rings is 1. The molecule has 0 radical (unpaired) electrons. The average Bonchev–Trinajstić information content (AvgIpc) is 3.07. The number of likely N-dealkylation sites (tertiary alicyclic amines) is 1. The molecule has 1 spiro atoms. The standard InChI is InChI=1S/C23H24N4O3/c1-27-10-9-22-16-6-7-18(28)21(22)30-23(14-3-2-4-15(12-14)25-26-24)19(29)8-5-13(20(22)23)11-17(16)27/h2-8,12,16-19,21,28-29H,9-11H2,1H3/t16-,17+,18-,19?,21-,22-,23?/m0/s1. The molecule has 2 N–H and O–H groups in total. The average molecular weight is 404 g/mol. The first-order valence-electron chi connectivity index (χ1n) is 10.5. The summed E-state index contributed by atoms with van der Waals surface area (Å²) in [6.07, 6.45) is 7.61. The molecule has 2 heterocycles. The molecule has 7 heteroatoms. The molecule has 5 aliphatic rings. The van der Waals surface area contributed by atoms with Crippen LogP contribution in [0.4, 0.5) is 5.69 Å². The van der Waals surface area contributed by atoms with E-state index in [0.29, 0.717) is 11.7 Å². The first kappa shape index (κ1) is 18.4. The largest absolute Gasteiger partial charge is 0.386 e. The van der Waals surface area contributed by atoms with Gasteiger partial charge >= 0.3 is 0 Å². The minimum absolute atomic E-state index is 0.226. The van der Waals surface area contributed by atoms with E-state index in [-0.39, 0.29) is 11.3 Å². The Kier molecular flexibility index (Phi) is 3.71. The van der Waals surface area contributed by atoms with Gasteiger partial charge in [0.15, 0.2) is 0 Å². The molecule has 0 aromatic heterocycles. The van der Waals surface area contributed by atoms with Crippen LogP contribution < -0.4 is 0 Å². The predicted octanol–water partition coefficient (Wildman–Crippen LogP) is 3.09. The topological polar surface area (TPSA) is 102 Å². The first-order valence-corrected chi connectivity index (χ1v) is 10.5. The molecule has 2 unspecified atom stereocenters. The molecule has 1 aromatic rings. The van der Waals surface area contributed by atoms with E-state index < -0.39 is 23.9 Å². The van der Waals surface area contributed by atoms with Crippen molar-refractivity contribution in [1.29, 1.82) is 0 Å². The van der Waals surface area contributed by atoms with Gasteiger partial charge in [0.1, 0.15) is 11.7 Å². The van der Waals surface area contributed by atoms with E-state index in [1.807, 2.05) is 24.3 Å². The number of aliphatic hydroxyl groups excluding tert-OH is 2. The van der Waals surface area contributed by atoms with E-state index in [0.717, 1.165) is 30.5 Å². The van der Waals surface area contributed by atoms with E-state index in [4.69, 9.17) is 10.3 Å². The highest BCUT2D eigenvalue weighted by molar-refractivity contribution is 5.58. The third-order valence-electron chi connectivity index (χ3n) is 8.02. The molecule has 6 rings (SSSR count). The maximum absolute atomic E-state index is 11.3. The molecule has 154 valence electrons. The van der Waals surface area contributed by atoms with Crippen molar-refractivity contribution >= 4 is 5.69 Å². The van der Waals surface area contributed by atoms with Gasteiger partial charge in [-0.1, -0.05) is 47.6 Å². The third-order valence-corrected chi connectivity index (χ3v) is 8.02. The molecule has 2 aliphatic heterocycles. The number of hydrogen-bond donors (Lipinski definition) is 2. The van der Waals surface area contributed by atoms with Crippen LogP contribution in [0, 0.1) is 11.3 Å². The highest BCUT2D eigenvalue weighted by atomic mass is 16.5. The number of benzene rings is 1. The van der Waals surface area contributed by atoms with Gasteiger partial charge in [-0.3, -0.25) is 0 Å². The van der Waals surface area contributed by atoms with Crippen LogP contribution in [0.25, 0.3) is 10.4 Å². The number of rotatable bonds is 2. The van der Waals surface area contributed by atoms with Crippen molar-refractivity contribution in [2.24, 2.45) is 16.4 Å². The number of ether oxygens (including phenoxy) is 1. The van der Waals surface area contributed by atoms with Crippen LogP contribution in [0.5, 0.6) is 0 Å². The summed E-state index contributed by atoms with van der Waals surface area (Å²) in [6, 6.07) is 7.64. The van der Waals surface area contributed by atoms with E-state index in [2.05, 4.69) is 34.1 Å². The van der Waals surface area contributed by atoms with Crippen molar-refractivity contribution in [3.8, 4) is 0 Å². The van der Waals surface area contributed by atoms with Gasteiger partial charge in [0.25, 0.3) is 0 Å². The monoisotopic (exact) mass is 404 g/mol. The summed E-state index contributed by atoms with van der Waals surface area (Å²) in [5.74, 6) is 0.226. The van der Waals surface area contributed by atoms with Gasteiger partial charge in [0.2, 0.25) is 0 Å². The van der Waals surface area contributed by atoms with Crippen LogP contribution in [0.1, 0.15) is 18.4 Å². The molecule has 3 aliphatic carbocycles. The van der Waals surface area contributed by atoms with Crippen LogP contribution in [-0.4, -0.2) is 53.1 Å². The zero-order chi connectivity index (χ0) is 20.7.